The predicted molar refractivity (Wildman–Crippen MR) is 143 cm³/mol. The second kappa shape index (κ2) is 10.2. The van der Waals surface area contributed by atoms with Gasteiger partial charge in [-0.2, -0.15) is 4.98 Å². The Morgan fingerprint density at radius 3 is 2.53 bits per heavy atom. The van der Waals surface area contributed by atoms with Crippen molar-refractivity contribution in [1.82, 2.24) is 24.3 Å². The Labute approximate surface area is 216 Å². The number of amides is 1. The highest BCUT2D eigenvalue weighted by atomic mass is 35.5. The Kier molecular flexibility index (Phi) is 6.99. The summed E-state index contributed by atoms with van der Waals surface area (Å²) in [5.74, 6) is 0.757. The van der Waals surface area contributed by atoms with E-state index >= 15 is 0 Å². The van der Waals surface area contributed by atoms with Crippen LogP contribution in [0, 0.1) is 0 Å². The number of piperazine rings is 1. The molecule has 0 aliphatic carbocycles. The molecule has 0 unspecified atom stereocenters. The number of aromatic nitrogens is 3. The lowest BCUT2D eigenvalue weighted by Gasteiger charge is -2.50. The molecule has 0 radical (unpaired) electrons. The minimum atomic E-state index is -0.0662. The number of benzene rings is 1. The number of anilines is 1. The van der Waals surface area contributed by atoms with Gasteiger partial charge < -0.3 is 9.80 Å². The minimum absolute atomic E-state index is 0.0662. The largest absolute Gasteiger partial charge is 0.339 e. The number of rotatable bonds is 4. The molecule has 8 nitrogen and oxygen atoms in total. The lowest BCUT2D eigenvalue weighted by molar-refractivity contribution is 0.0432. The van der Waals surface area contributed by atoms with Gasteiger partial charge in [0, 0.05) is 68.1 Å². The number of carbonyl (C=O) groups is 1. The third-order valence-corrected chi connectivity index (χ3v) is 8.00. The normalized spacial score (nSPS) is 21.8. The van der Waals surface area contributed by atoms with Crippen LogP contribution in [0.25, 0.3) is 11.0 Å². The van der Waals surface area contributed by atoms with Crippen LogP contribution in [0.4, 0.5) is 5.95 Å². The van der Waals surface area contributed by atoms with E-state index < -0.39 is 0 Å². The molecule has 1 amide bonds. The Balaban J connectivity index is 1.29. The van der Waals surface area contributed by atoms with E-state index in [0.29, 0.717) is 39.7 Å². The van der Waals surface area contributed by atoms with Gasteiger partial charge in [0.15, 0.2) is 5.65 Å². The average molecular weight is 509 g/mol. The zero-order valence-corrected chi connectivity index (χ0v) is 21.9. The molecule has 4 heterocycles. The highest BCUT2D eigenvalue weighted by Crippen LogP contribution is 2.28. The molecule has 9 heteroatoms. The van der Waals surface area contributed by atoms with Crippen LogP contribution in [-0.4, -0.2) is 74.5 Å². The maximum atomic E-state index is 13.0. The third kappa shape index (κ3) is 4.60. The maximum Gasteiger partial charge on any atom is 0.264 e. The zero-order chi connectivity index (χ0) is 25.4. The summed E-state index contributed by atoms with van der Waals surface area (Å²) < 4.78 is 1.66. The van der Waals surface area contributed by atoms with Crippen molar-refractivity contribution in [3.63, 3.8) is 0 Å². The molecule has 0 saturated carbocycles. The standard InChI is InChI=1S/C27H33ClN6O2/c1-4-21-17-33(27-30-24-23(6-5-13-29-24)26(36)31(27)3)18(2)16-34(21)22-11-14-32(15-12-22)25(35)19-7-9-20(28)10-8-19/h5-10,13,18,21-22H,4,11-12,14-17H2,1-3H3/t18-,21+/m1/s1. The first kappa shape index (κ1) is 24.7. The number of pyridine rings is 1. The number of likely N-dealkylation sites (tertiary alicyclic amines) is 1. The topological polar surface area (TPSA) is 74.6 Å². The molecule has 3 aromatic rings. The second-order valence-electron chi connectivity index (χ2n) is 9.94. The lowest BCUT2D eigenvalue weighted by Crippen LogP contribution is -2.62. The first-order chi connectivity index (χ1) is 17.4. The average Bonchev–Trinajstić information content (AvgIpc) is 2.91. The van der Waals surface area contributed by atoms with Gasteiger partial charge in [0.05, 0.1) is 5.39 Å². The first-order valence-corrected chi connectivity index (χ1v) is 13.1. The molecule has 1 aromatic carbocycles. The third-order valence-electron chi connectivity index (χ3n) is 7.75. The van der Waals surface area contributed by atoms with Gasteiger partial charge in [-0.25, -0.2) is 4.98 Å². The summed E-state index contributed by atoms with van der Waals surface area (Å²) in [5.41, 5.74) is 1.12. The molecule has 36 heavy (non-hydrogen) atoms. The Bertz CT molecular complexity index is 1300. The summed E-state index contributed by atoms with van der Waals surface area (Å²) in [5, 5.41) is 1.18. The fraction of sp³-hybridized carbons (Fsp3) is 0.481. The van der Waals surface area contributed by atoms with Crippen molar-refractivity contribution < 1.29 is 4.79 Å². The number of hydrogen-bond donors (Lipinski definition) is 0. The van der Waals surface area contributed by atoms with Crippen molar-refractivity contribution in [1.29, 1.82) is 0 Å². The van der Waals surface area contributed by atoms with E-state index in [1.807, 2.05) is 4.90 Å². The van der Waals surface area contributed by atoms with Gasteiger partial charge in [-0.05, 0) is 62.6 Å². The molecule has 2 aliphatic rings. The fourth-order valence-electron chi connectivity index (χ4n) is 5.68. The Morgan fingerprint density at radius 2 is 1.83 bits per heavy atom. The molecule has 2 saturated heterocycles. The van der Waals surface area contributed by atoms with Crippen LogP contribution >= 0.6 is 11.6 Å². The molecule has 2 fully saturated rings. The van der Waals surface area contributed by atoms with E-state index in [9.17, 15) is 9.59 Å². The smallest absolute Gasteiger partial charge is 0.264 e. The molecule has 2 aromatic heterocycles. The van der Waals surface area contributed by atoms with Crippen molar-refractivity contribution in [2.75, 3.05) is 31.1 Å². The van der Waals surface area contributed by atoms with Gasteiger partial charge in [-0.1, -0.05) is 18.5 Å². The summed E-state index contributed by atoms with van der Waals surface area (Å²) in [6.45, 7) is 7.63. The number of hydrogen-bond acceptors (Lipinski definition) is 6. The molecule has 0 spiro atoms. The molecule has 2 aliphatic heterocycles. The van der Waals surface area contributed by atoms with E-state index in [1.54, 1.807) is 54.2 Å². The summed E-state index contributed by atoms with van der Waals surface area (Å²) in [7, 11) is 1.80. The predicted octanol–water partition coefficient (Wildman–Crippen LogP) is 3.58. The van der Waals surface area contributed by atoms with Gasteiger partial charge in [-0.3, -0.25) is 19.1 Å². The van der Waals surface area contributed by atoms with Crippen molar-refractivity contribution in [2.45, 2.75) is 51.2 Å². The van der Waals surface area contributed by atoms with Gasteiger partial charge in [-0.15, -0.1) is 0 Å². The number of halogens is 1. The quantitative estimate of drug-likeness (QED) is 0.536. The van der Waals surface area contributed by atoms with E-state index in [4.69, 9.17) is 16.6 Å². The van der Waals surface area contributed by atoms with Crippen molar-refractivity contribution in [2.24, 2.45) is 7.05 Å². The van der Waals surface area contributed by atoms with Gasteiger partial charge in [0.1, 0.15) is 0 Å². The van der Waals surface area contributed by atoms with E-state index in [-0.39, 0.29) is 17.5 Å². The summed E-state index contributed by atoms with van der Waals surface area (Å²) in [6.07, 6.45) is 4.60. The van der Waals surface area contributed by atoms with Crippen molar-refractivity contribution >= 4 is 34.5 Å². The molecule has 190 valence electrons. The molecular formula is C27H33ClN6O2. The maximum absolute atomic E-state index is 13.0. The molecule has 0 bridgehead atoms. The monoisotopic (exact) mass is 508 g/mol. The fourth-order valence-corrected chi connectivity index (χ4v) is 5.81. The number of piperidine rings is 1. The van der Waals surface area contributed by atoms with Crippen LogP contribution < -0.4 is 10.5 Å². The highest BCUT2D eigenvalue weighted by molar-refractivity contribution is 6.30. The SMILES string of the molecule is CC[C@H]1CN(c2nc3ncccc3c(=O)n2C)[C@H](C)CN1C1CCN(C(=O)c2ccc(Cl)cc2)CC1. The van der Waals surface area contributed by atoms with Gasteiger partial charge in [0.25, 0.3) is 11.5 Å². The Hall–Kier alpha value is -2.97. The van der Waals surface area contributed by atoms with Crippen LogP contribution in [0.15, 0.2) is 47.4 Å². The van der Waals surface area contributed by atoms with E-state index in [2.05, 4.69) is 28.6 Å². The van der Waals surface area contributed by atoms with Gasteiger partial charge in [0.2, 0.25) is 5.95 Å². The first-order valence-electron chi connectivity index (χ1n) is 12.8. The highest BCUT2D eigenvalue weighted by Gasteiger charge is 2.38. The second-order valence-corrected chi connectivity index (χ2v) is 10.4. The minimum Gasteiger partial charge on any atom is -0.339 e. The van der Waals surface area contributed by atoms with Crippen molar-refractivity contribution in [3.8, 4) is 0 Å². The molecule has 5 rings (SSSR count). The summed E-state index contributed by atoms with van der Waals surface area (Å²) in [4.78, 5) is 41.9. The van der Waals surface area contributed by atoms with Gasteiger partial charge >= 0.3 is 0 Å². The van der Waals surface area contributed by atoms with E-state index in [1.165, 1.54) is 0 Å². The molecular weight excluding hydrogens is 476 g/mol. The molecule has 2 atom stereocenters. The number of nitrogens with zero attached hydrogens (tertiary/aromatic N) is 6. The van der Waals surface area contributed by atoms with Crippen LogP contribution in [0.1, 0.15) is 43.5 Å². The summed E-state index contributed by atoms with van der Waals surface area (Å²) in [6, 6.07) is 11.7. The zero-order valence-electron chi connectivity index (χ0n) is 21.1. The van der Waals surface area contributed by atoms with Crippen LogP contribution in [0.2, 0.25) is 5.02 Å². The lowest BCUT2D eigenvalue weighted by atomic mass is 9.96. The summed E-state index contributed by atoms with van der Waals surface area (Å²) >= 11 is 5.98. The van der Waals surface area contributed by atoms with Crippen molar-refractivity contribution in [3.05, 3.63) is 63.5 Å². The van der Waals surface area contributed by atoms with E-state index in [0.717, 1.165) is 45.4 Å². The number of fused-ring (bicyclic) bond motifs is 1. The Morgan fingerprint density at radius 1 is 1.11 bits per heavy atom. The van der Waals surface area contributed by atoms with Crippen LogP contribution in [0.5, 0.6) is 0 Å². The van der Waals surface area contributed by atoms with Crippen LogP contribution in [-0.2, 0) is 7.05 Å². The molecule has 0 N–H and O–H groups in total. The van der Waals surface area contributed by atoms with Crippen LogP contribution in [0.3, 0.4) is 0 Å². The number of carbonyl (C=O) groups excluding carboxylic acids is 1.